The van der Waals surface area contributed by atoms with E-state index in [1.165, 1.54) is 6.08 Å². The van der Waals surface area contributed by atoms with Crippen LogP contribution in [0.3, 0.4) is 0 Å². The van der Waals surface area contributed by atoms with Gasteiger partial charge in [-0.3, -0.25) is 9.59 Å². The molecule has 0 spiro atoms. The predicted octanol–water partition coefficient (Wildman–Crippen LogP) is 2.65. The van der Waals surface area contributed by atoms with Crippen molar-refractivity contribution in [2.24, 2.45) is 17.3 Å². The molecule has 0 fully saturated rings. The zero-order chi connectivity index (χ0) is 14.3. The summed E-state index contributed by atoms with van der Waals surface area (Å²) in [4.78, 5) is 23.3. The third kappa shape index (κ3) is 4.02. The van der Waals surface area contributed by atoms with Crippen molar-refractivity contribution >= 4 is 11.9 Å². The maximum atomic E-state index is 11.9. The number of ether oxygens (including phenoxy) is 1. The van der Waals surface area contributed by atoms with Gasteiger partial charge in [0.1, 0.15) is 6.61 Å². The number of rotatable bonds is 8. The molecule has 0 saturated carbocycles. The second kappa shape index (κ2) is 6.99. The molecule has 4 heteroatoms. The zero-order valence-electron chi connectivity index (χ0n) is 11.3. The Kier molecular flexibility index (Phi) is 6.37. The van der Waals surface area contributed by atoms with Crippen molar-refractivity contribution in [3.8, 4) is 0 Å². The Hall–Kier alpha value is -1.58. The minimum Gasteiger partial charge on any atom is -0.481 e. The topological polar surface area (TPSA) is 63.6 Å². The van der Waals surface area contributed by atoms with Crippen molar-refractivity contribution in [3.05, 3.63) is 25.3 Å². The molecule has 0 radical (unpaired) electrons. The number of esters is 1. The van der Waals surface area contributed by atoms with Crippen LogP contribution in [0.1, 0.15) is 27.2 Å². The highest BCUT2D eigenvalue weighted by Crippen LogP contribution is 2.36. The van der Waals surface area contributed by atoms with Crippen LogP contribution in [0.5, 0.6) is 0 Å². The first-order valence-electron chi connectivity index (χ1n) is 5.95. The van der Waals surface area contributed by atoms with E-state index in [4.69, 9.17) is 4.74 Å². The van der Waals surface area contributed by atoms with E-state index >= 15 is 0 Å². The Morgan fingerprint density at radius 1 is 1.39 bits per heavy atom. The molecule has 2 atom stereocenters. The standard InChI is InChI=1S/C14H22O4/c1-6-9-18-13(17)10(7-2)11(12(15)16)14(4,5)8-3/h6,8,10-11H,1,3,7,9H2,2,4-5H3,(H,15,16)/t10-,11+/m1/s1. The summed E-state index contributed by atoms with van der Waals surface area (Å²) in [6.07, 6.45) is 3.43. The minimum absolute atomic E-state index is 0.0934. The number of carboxylic acids is 1. The maximum Gasteiger partial charge on any atom is 0.310 e. The molecular weight excluding hydrogens is 232 g/mol. The van der Waals surface area contributed by atoms with Gasteiger partial charge >= 0.3 is 11.9 Å². The number of aliphatic carboxylic acids is 1. The quantitative estimate of drug-likeness (QED) is 0.534. The summed E-state index contributed by atoms with van der Waals surface area (Å²) in [5, 5.41) is 9.34. The number of carbonyl (C=O) groups is 2. The Balaban J connectivity index is 5.17. The van der Waals surface area contributed by atoms with Crippen molar-refractivity contribution in [1.29, 1.82) is 0 Å². The number of carboxylic acid groups (broad SMARTS) is 1. The van der Waals surface area contributed by atoms with Crippen molar-refractivity contribution in [2.75, 3.05) is 6.61 Å². The van der Waals surface area contributed by atoms with E-state index in [1.807, 2.05) is 0 Å². The molecule has 0 aromatic carbocycles. The fourth-order valence-corrected chi connectivity index (χ4v) is 1.92. The molecule has 18 heavy (non-hydrogen) atoms. The average Bonchev–Trinajstić information content (AvgIpc) is 2.31. The number of allylic oxidation sites excluding steroid dienone is 1. The lowest BCUT2D eigenvalue weighted by atomic mass is 9.71. The normalized spacial score (nSPS) is 14.4. The van der Waals surface area contributed by atoms with Gasteiger partial charge in [-0.15, -0.1) is 6.58 Å². The molecule has 0 aliphatic carbocycles. The molecule has 4 nitrogen and oxygen atoms in total. The van der Waals surface area contributed by atoms with E-state index < -0.39 is 29.2 Å². The fourth-order valence-electron chi connectivity index (χ4n) is 1.92. The summed E-state index contributed by atoms with van der Waals surface area (Å²) in [5.41, 5.74) is -0.681. The van der Waals surface area contributed by atoms with Crippen LogP contribution in [0.15, 0.2) is 25.3 Å². The molecule has 0 aromatic heterocycles. The molecule has 1 N–H and O–H groups in total. The van der Waals surface area contributed by atoms with Gasteiger partial charge < -0.3 is 9.84 Å². The molecular formula is C14H22O4. The molecule has 0 aromatic rings. The fraction of sp³-hybridized carbons (Fsp3) is 0.571. The van der Waals surface area contributed by atoms with Gasteiger partial charge in [0.15, 0.2) is 0 Å². The molecule has 0 rings (SSSR count). The third-order valence-corrected chi connectivity index (χ3v) is 3.08. The van der Waals surface area contributed by atoms with Gasteiger partial charge in [0.25, 0.3) is 0 Å². The van der Waals surface area contributed by atoms with Crippen molar-refractivity contribution < 1.29 is 19.4 Å². The third-order valence-electron chi connectivity index (χ3n) is 3.08. The Morgan fingerprint density at radius 2 is 1.94 bits per heavy atom. The second-order valence-corrected chi connectivity index (χ2v) is 4.77. The number of carbonyl (C=O) groups excluding carboxylic acids is 1. The largest absolute Gasteiger partial charge is 0.481 e. The SMILES string of the molecule is C=CCOC(=O)[C@H](CC)[C@@H](C(=O)O)C(C)(C)C=C. The van der Waals surface area contributed by atoms with Crippen LogP contribution in [0.25, 0.3) is 0 Å². The first-order valence-corrected chi connectivity index (χ1v) is 5.95. The minimum atomic E-state index is -1.01. The van der Waals surface area contributed by atoms with E-state index in [-0.39, 0.29) is 6.61 Å². The van der Waals surface area contributed by atoms with Crippen LogP contribution in [0.2, 0.25) is 0 Å². The van der Waals surface area contributed by atoms with Crippen LogP contribution in [0.4, 0.5) is 0 Å². The summed E-state index contributed by atoms with van der Waals surface area (Å²) in [7, 11) is 0. The summed E-state index contributed by atoms with van der Waals surface area (Å²) in [6, 6.07) is 0. The lowest BCUT2D eigenvalue weighted by Gasteiger charge is -2.32. The van der Waals surface area contributed by atoms with Gasteiger partial charge in [-0.1, -0.05) is 39.5 Å². The molecule has 0 heterocycles. The lowest BCUT2D eigenvalue weighted by molar-refractivity contribution is -0.160. The highest BCUT2D eigenvalue weighted by molar-refractivity contribution is 5.82. The van der Waals surface area contributed by atoms with Crippen molar-refractivity contribution in [2.45, 2.75) is 27.2 Å². The first kappa shape index (κ1) is 16.4. The van der Waals surface area contributed by atoms with Gasteiger partial charge in [0.05, 0.1) is 11.8 Å². The highest BCUT2D eigenvalue weighted by atomic mass is 16.5. The summed E-state index contributed by atoms with van der Waals surface area (Å²) < 4.78 is 4.96. The molecule has 0 unspecified atom stereocenters. The molecule has 0 aliphatic rings. The van der Waals surface area contributed by atoms with Gasteiger partial charge in [0.2, 0.25) is 0 Å². The van der Waals surface area contributed by atoms with Gasteiger partial charge in [-0.25, -0.2) is 0 Å². The van der Waals surface area contributed by atoms with Crippen LogP contribution in [0, 0.1) is 17.3 Å². The lowest BCUT2D eigenvalue weighted by Crippen LogP contribution is -2.40. The Bertz CT molecular complexity index is 331. The summed E-state index contributed by atoms with van der Waals surface area (Å²) in [6.45, 7) is 12.5. The van der Waals surface area contributed by atoms with Crippen LogP contribution in [-0.4, -0.2) is 23.7 Å². The highest BCUT2D eigenvalue weighted by Gasteiger charge is 2.42. The predicted molar refractivity (Wildman–Crippen MR) is 70.0 cm³/mol. The zero-order valence-corrected chi connectivity index (χ0v) is 11.3. The van der Waals surface area contributed by atoms with Crippen LogP contribution < -0.4 is 0 Å². The van der Waals surface area contributed by atoms with E-state index in [9.17, 15) is 14.7 Å². The van der Waals surface area contributed by atoms with Gasteiger partial charge in [-0.05, 0) is 11.8 Å². The number of hydrogen-bond donors (Lipinski definition) is 1. The summed E-state index contributed by atoms with van der Waals surface area (Å²) in [5.74, 6) is -3.05. The molecule has 0 amide bonds. The molecule has 0 saturated heterocycles. The monoisotopic (exact) mass is 254 g/mol. The maximum absolute atomic E-state index is 11.9. The van der Waals surface area contributed by atoms with E-state index in [2.05, 4.69) is 13.2 Å². The molecule has 0 bridgehead atoms. The molecule has 0 aliphatic heterocycles. The van der Waals surface area contributed by atoms with Crippen LogP contribution >= 0.6 is 0 Å². The van der Waals surface area contributed by atoms with Gasteiger partial charge in [-0.2, -0.15) is 0 Å². The number of hydrogen-bond acceptors (Lipinski definition) is 3. The summed E-state index contributed by atoms with van der Waals surface area (Å²) >= 11 is 0. The average molecular weight is 254 g/mol. The van der Waals surface area contributed by atoms with E-state index in [0.717, 1.165) is 0 Å². The van der Waals surface area contributed by atoms with E-state index in [0.29, 0.717) is 6.42 Å². The van der Waals surface area contributed by atoms with Crippen molar-refractivity contribution in [1.82, 2.24) is 0 Å². The Morgan fingerprint density at radius 3 is 2.28 bits per heavy atom. The van der Waals surface area contributed by atoms with E-state index in [1.54, 1.807) is 26.8 Å². The smallest absolute Gasteiger partial charge is 0.310 e. The van der Waals surface area contributed by atoms with Crippen molar-refractivity contribution in [3.63, 3.8) is 0 Å². The Labute approximate surface area is 108 Å². The first-order chi connectivity index (χ1) is 8.31. The van der Waals surface area contributed by atoms with Crippen LogP contribution in [-0.2, 0) is 14.3 Å². The van der Waals surface area contributed by atoms with Gasteiger partial charge in [0, 0.05) is 0 Å². The second-order valence-electron chi connectivity index (χ2n) is 4.77. The molecule has 102 valence electrons.